The Balaban J connectivity index is 2.79. The van der Waals surface area contributed by atoms with Crippen LogP contribution in [0.3, 0.4) is 0 Å². The molecule has 1 heterocycles. The van der Waals surface area contributed by atoms with Gasteiger partial charge >= 0.3 is 0 Å². The molecule has 0 spiro atoms. The van der Waals surface area contributed by atoms with Gasteiger partial charge in [-0.3, -0.25) is 0 Å². The Morgan fingerprint density at radius 1 is 1.28 bits per heavy atom. The van der Waals surface area contributed by atoms with Crippen LogP contribution in [0.15, 0.2) is 35.4 Å². The van der Waals surface area contributed by atoms with Gasteiger partial charge in [-0.05, 0) is 12.1 Å². The van der Waals surface area contributed by atoms with Crippen LogP contribution in [0.25, 0.3) is 11.3 Å². The molecule has 7 heteroatoms. The van der Waals surface area contributed by atoms with Crippen molar-refractivity contribution in [1.29, 1.82) is 0 Å². The molecule has 18 heavy (non-hydrogen) atoms. The van der Waals surface area contributed by atoms with Crippen molar-refractivity contribution in [2.45, 2.75) is 4.90 Å². The highest BCUT2D eigenvalue weighted by atomic mass is 32.2. The Labute approximate surface area is 103 Å². The largest absolute Gasteiger partial charge is 0.368 e. The summed E-state index contributed by atoms with van der Waals surface area (Å²) in [6, 6.07) is 5.75. The number of sulfone groups is 1. The lowest BCUT2D eigenvalue weighted by Crippen LogP contribution is -2.06. The second kappa shape index (κ2) is 4.34. The van der Waals surface area contributed by atoms with E-state index in [2.05, 4.69) is 9.97 Å². The highest BCUT2D eigenvalue weighted by molar-refractivity contribution is 7.90. The van der Waals surface area contributed by atoms with Crippen LogP contribution in [0.1, 0.15) is 0 Å². The number of anilines is 1. The molecule has 0 radical (unpaired) electrons. The second-order valence-corrected chi connectivity index (χ2v) is 5.68. The Kier molecular flexibility index (Phi) is 3.00. The van der Waals surface area contributed by atoms with E-state index in [-0.39, 0.29) is 22.1 Å². The van der Waals surface area contributed by atoms with Crippen molar-refractivity contribution in [2.24, 2.45) is 0 Å². The molecule has 0 aliphatic rings. The molecule has 0 amide bonds. The fourth-order valence-corrected chi connectivity index (χ4v) is 2.25. The first-order chi connectivity index (χ1) is 8.39. The van der Waals surface area contributed by atoms with Crippen molar-refractivity contribution < 1.29 is 12.8 Å². The smallest absolute Gasteiger partial charge is 0.220 e. The lowest BCUT2D eigenvalue weighted by Gasteiger charge is -2.08. The molecule has 2 N–H and O–H groups in total. The van der Waals surface area contributed by atoms with Gasteiger partial charge in [0.05, 0.1) is 11.9 Å². The van der Waals surface area contributed by atoms with Crippen molar-refractivity contribution in [3.8, 4) is 11.3 Å². The van der Waals surface area contributed by atoms with Crippen LogP contribution in [-0.2, 0) is 9.84 Å². The number of hydrogen-bond acceptors (Lipinski definition) is 5. The average molecular weight is 267 g/mol. The maximum atomic E-state index is 13.7. The highest BCUT2D eigenvalue weighted by Gasteiger charge is 2.19. The van der Waals surface area contributed by atoms with Crippen molar-refractivity contribution >= 4 is 15.8 Å². The Morgan fingerprint density at radius 3 is 2.56 bits per heavy atom. The molecule has 0 saturated heterocycles. The second-order valence-electron chi connectivity index (χ2n) is 3.69. The minimum atomic E-state index is -3.56. The van der Waals surface area contributed by atoms with Gasteiger partial charge in [0.25, 0.3) is 0 Å². The molecule has 0 saturated carbocycles. The summed E-state index contributed by atoms with van der Waals surface area (Å²) in [5.41, 5.74) is 5.47. The third-order valence-corrected chi connectivity index (χ3v) is 3.40. The topological polar surface area (TPSA) is 85.9 Å². The summed E-state index contributed by atoms with van der Waals surface area (Å²) >= 11 is 0. The predicted molar refractivity (Wildman–Crippen MR) is 64.9 cm³/mol. The van der Waals surface area contributed by atoms with Crippen LogP contribution in [0.2, 0.25) is 0 Å². The first-order valence-electron chi connectivity index (χ1n) is 4.97. The lowest BCUT2D eigenvalue weighted by atomic mass is 10.1. The van der Waals surface area contributed by atoms with E-state index < -0.39 is 15.7 Å². The summed E-state index contributed by atoms with van der Waals surface area (Å²) in [4.78, 5) is 7.29. The first kappa shape index (κ1) is 12.4. The van der Waals surface area contributed by atoms with E-state index in [1.54, 1.807) is 6.07 Å². The van der Waals surface area contributed by atoms with Crippen LogP contribution >= 0.6 is 0 Å². The summed E-state index contributed by atoms with van der Waals surface area (Å²) < 4.78 is 36.9. The number of halogens is 1. The number of nitrogen functional groups attached to an aromatic ring is 1. The normalized spacial score (nSPS) is 11.4. The van der Waals surface area contributed by atoms with Gasteiger partial charge in [-0.2, -0.15) is 0 Å². The van der Waals surface area contributed by atoms with Crippen LogP contribution in [0, 0.1) is 5.82 Å². The zero-order valence-electron chi connectivity index (χ0n) is 9.46. The predicted octanol–water partition coefficient (Wildman–Crippen LogP) is 1.27. The fraction of sp³-hybridized carbons (Fsp3) is 0.0909. The van der Waals surface area contributed by atoms with E-state index in [4.69, 9.17) is 5.73 Å². The summed E-state index contributed by atoms with van der Waals surface area (Å²) in [5.74, 6) is -0.679. The molecule has 1 aromatic carbocycles. The molecular formula is C11H10FN3O2S. The molecule has 0 aliphatic heterocycles. The maximum absolute atomic E-state index is 13.7. The number of rotatable bonds is 2. The van der Waals surface area contributed by atoms with Gasteiger partial charge in [0.1, 0.15) is 10.7 Å². The summed E-state index contributed by atoms with van der Waals surface area (Å²) in [6.07, 6.45) is 2.09. The zero-order chi connectivity index (χ0) is 13.3. The molecule has 2 aromatic rings. The van der Waals surface area contributed by atoms with E-state index in [0.717, 1.165) is 12.5 Å². The van der Waals surface area contributed by atoms with Crippen molar-refractivity contribution in [3.05, 3.63) is 36.3 Å². The van der Waals surface area contributed by atoms with Gasteiger partial charge in [-0.25, -0.2) is 22.8 Å². The Morgan fingerprint density at radius 2 is 1.94 bits per heavy atom. The van der Waals surface area contributed by atoms with Gasteiger partial charge in [0.2, 0.25) is 5.95 Å². The SMILES string of the molecule is CS(=O)(=O)c1cnc(N)nc1-c1ccccc1F. The molecule has 0 unspecified atom stereocenters. The third-order valence-electron chi connectivity index (χ3n) is 2.30. The molecule has 0 bridgehead atoms. The Hall–Kier alpha value is -2.02. The van der Waals surface area contributed by atoms with Crippen LogP contribution in [-0.4, -0.2) is 24.6 Å². The van der Waals surface area contributed by atoms with Gasteiger partial charge in [0, 0.05) is 11.8 Å². The van der Waals surface area contributed by atoms with E-state index in [0.29, 0.717) is 0 Å². The van der Waals surface area contributed by atoms with Crippen LogP contribution in [0.5, 0.6) is 0 Å². The number of aromatic nitrogens is 2. The molecule has 0 atom stereocenters. The third kappa shape index (κ3) is 2.30. The van der Waals surface area contributed by atoms with E-state index in [1.807, 2.05) is 0 Å². The monoisotopic (exact) mass is 267 g/mol. The summed E-state index contributed by atoms with van der Waals surface area (Å²) in [7, 11) is -3.56. The minimum Gasteiger partial charge on any atom is -0.368 e. The maximum Gasteiger partial charge on any atom is 0.220 e. The van der Waals surface area contributed by atoms with Crippen molar-refractivity contribution in [2.75, 3.05) is 12.0 Å². The van der Waals surface area contributed by atoms with Gasteiger partial charge in [-0.15, -0.1) is 0 Å². The lowest BCUT2D eigenvalue weighted by molar-refractivity contribution is 0.601. The number of hydrogen-bond donors (Lipinski definition) is 1. The fourth-order valence-electron chi connectivity index (χ4n) is 1.50. The Bertz CT molecular complexity index is 701. The van der Waals surface area contributed by atoms with Crippen molar-refractivity contribution in [1.82, 2.24) is 9.97 Å². The molecule has 2 rings (SSSR count). The van der Waals surface area contributed by atoms with E-state index in [1.165, 1.54) is 18.2 Å². The zero-order valence-corrected chi connectivity index (χ0v) is 10.3. The number of benzene rings is 1. The number of nitrogens with zero attached hydrogens (tertiary/aromatic N) is 2. The molecule has 0 aliphatic carbocycles. The van der Waals surface area contributed by atoms with E-state index in [9.17, 15) is 12.8 Å². The standard InChI is InChI=1S/C11H10FN3O2S/c1-18(16,17)9-6-14-11(13)15-10(9)7-4-2-3-5-8(7)12/h2-6H,1H3,(H2,13,14,15). The van der Waals surface area contributed by atoms with Gasteiger partial charge in [-0.1, -0.05) is 12.1 Å². The number of nitrogens with two attached hydrogens (primary N) is 1. The summed E-state index contributed by atoms with van der Waals surface area (Å²) in [6.45, 7) is 0. The van der Waals surface area contributed by atoms with Gasteiger partial charge < -0.3 is 5.73 Å². The quantitative estimate of drug-likeness (QED) is 0.885. The molecule has 1 aromatic heterocycles. The van der Waals surface area contributed by atoms with Crippen LogP contribution in [0.4, 0.5) is 10.3 Å². The molecular weight excluding hydrogens is 257 g/mol. The average Bonchev–Trinajstić information content (AvgIpc) is 2.27. The van der Waals surface area contributed by atoms with Gasteiger partial charge in [0.15, 0.2) is 9.84 Å². The highest BCUT2D eigenvalue weighted by Crippen LogP contribution is 2.27. The first-order valence-corrected chi connectivity index (χ1v) is 6.86. The van der Waals surface area contributed by atoms with Crippen LogP contribution < -0.4 is 5.73 Å². The minimum absolute atomic E-state index is 0.0249. The molecule has 94 valence electrons. The summed E-state index contributed by atoms with van der Waals surface area (Å²) in [5, 5.41) is 0. The molecule has 5 nitrogen and oxygen atoms in total. The van der Waals surface area contributed by atoms with Crippen molar-refractivity contribution in [3.63, 3.8) is 0 Å². The van der Waals surface area contributed by atoms with E-state index >= 15 is 0 Å². The molecule has 0 fully saturated rings.